The van der Waals surface area contributed by atoms with Gasteiger partial charge in [-0.25, -0.2) is 0 Å². The van der Waals surface area contributed by atoms with E-state index in [0.717, 1.165) is 25.7 Å². The van der Waals surface area contributed by atoms with E-state index in [9.17, 15) is 9.90 Å². The Balaban J connectivity index is 2.05. The van der Waals surface area contributed by atoms with Gasteiger partial charge in [0.1, 0.15) is 5.75 Å². The molecule has 1 amide bonds. The zero-order chi connectivity index (χ0) is 14.6. The van der Waals surface area contributed by atoms with Gasteiger partial charge in [-0.15, -0.1) is 0 Å². The molecule has 1 saturated carbocycles. The molecule has 0 atom stereocenters. The third kappa shape index (κ3) is 2.88. The number of hydrogen-bond acceptors (Lipinski definition) is 4. The summed E-state index contributed by atoms with van der Waals surface area (Å²) in [5.74, 6) is 0.275. The predicted octanol–water partition coefficient (Wildman–Crippen LogP) is 1.56. The number of nitrogens with one attached hydrogen (secondary N) is 1. The number of ether oxygens (including phenoxy) is 1. The Bertz CT molecular complexity index is 482. The molecule has 1 fully saturated rings. The fourth-order valence-electron chi connectivity index (χ4n) is 2.80. The van der Waals surface area contributed by atoms with Crippen LogP contribution in [-0.2, 0) is 0 Å². The predicted molar refractivity (Wildman–Crippen MR) is 77.7 cm³/mol. The normalized spacial score (nSPS) is 16.9. The summed E-state index contributed by atoms with van der Waals surface area (Å²) in [6.45, 7) is 0.597. The summed E-state index contributed by atoms with van der Waals surface area (Å²) in [5, 5.41) is 12.4. The van der Waals surface area contributed by atoms with Crippen molar-refractivity contribution in [2.24, 2.45) is 5.41 Å². The van der Waals surface area contributed by atoms with Gasteiger partial charge in [-0.05, 0) is 25.0 Å². The standard InChI is InChI=1S/C15H22N2O3/c1-20-12-6-4-5-11(13(12)16)14(19)17-9-15(10-18)7-2-3-8-15/h4-6,18H,2-3,7-10,16H2,1H3,(H,17,19). The van der Waals surface area contributed by atoms with E-state index in [-0.39, 0.29) is 17.9 Å². The third-order valence-electron chi connectivity index (χ3n) is 4.15. The van der Waals surface area contributed by atoms with Gasteiger partial charge in [-0.3, -0.25) is 4.79 Å². The molecular formula is C15H22N2O3. The molecule has 5 nitrogen and oxygen atoms in total. The lowest BCUT2D eigenvalue weighted by Gasteiger charge is -2.26. The van der Waals surface area contributed by atoms with E-state index in [0.29, 0.717) is 23.5 Å². The van der Waals surface area contributed by atoms with Crippen LogP contribution in [0, 0.1) is 5.41 Å². The number of aliphatic hydroxyl groups excluding tert-OH is 1. The second kappa shape index (κ2) is 6.13. The van der Waals surface area contributed by atoms with Crippen molar-refractivity contribution >= 4 is 11.6 Å². The number of hydrogen-bond donors (Lipinski definition) is 3. The van der Waals surface area contributed by atoms with Crippen LogP contribution in [0.4, 0.5) is 5.69 Å². The minimum Gasteiger partial charge on any atom is -0.495 e. The molecule has 0 unspecified atom stereocenters. The molecule has 1 aliphatic rings. The van der Waals surface area contributed by atoms with Gasteiger partial charge in [-0.2, -0.15) is 0 Å². The molecule has 0 saturated heterocycles. The highest BCUT2D eigenvalue weighted by Crippen LogP contribution is 2.37. The molecule has 0 aromatic heterocycles. The van der Waals surface area contributed by atoms with Crippen LogP contribution in [0.2, 0.25) is 0 Å². The Kier molecular flexibility index (Phi) is 4.49. The average Bonchev–Trinajstić information content (AvgIpc) is 2.94. The van der Waals surface area contributed by atoms with Crippen molar-refractivity contribution in [3.63, 3.8) is 0 Å². The highest BCUT2D eigenvalue weighted by atomic mass is 16.5. The lowest BCUT2D eigenvalue weighted by atomic mass is 9.87. The number of amides is 1. The summed E-state index contributed by atoms with van der Waals surface area (Å²) >= 11 is 0. The number of nitrogen functional groups attached to an aromatic ring is 1. The van der Waals surface area contributed by atoms with E-state index in [1.54, 1.807) is 18.2 Å². The molecule has 1 aliphatic carbocycles. The van der Waals surface area contributed by atoms with Crippen molar-refractivity contribution in [3.8, 4) is 5.75 Å². The Morgan fingerprint density at radius 3 is 2.75 bits per heavy atom. The number of carbonyl (C=O) groups excluding carboxylic acids is 1. The van der Waals surface area contributed by atoms with Crippen LogP contribution in [0.15, 0.2) is 18.2 Å². The first kappa shape index (κ1) is 14.7. The maximum atomic E-state index is 12.2. The van der Waals surface area contributed by atoms with Crippen LogP contribution in [-0.4, -0.2) is 31.3 Å². The smallest absolute Gasteiger partial charge is 0.253 e. The molecule has 110 valence electrons. The molecule has 0 spiro atoms. The molecule has 0 radical (unpaired) electrons. The molecule has 0 bridgehead atoms. The number of carbonyl (C=O) groups is 1. The summed E-state index contributed by atoms with van der Waals surface area (Å²) in [6, 6.07) is 5.13. The van der Waals surface area contributed by atoms with Crippen LogP contribution >= 0.6 is 0 Å². The van der Waals surface area contributed by atoms with Gasteiger partial charge in [0.15, 0.2) is 0 Å². The summed E-state index contributed by atoms with van der Waals surface area (Å²) in [5.41, 5.74) is 6.50. The van der Waals surface area contributed by atoms with Crippen LogP contribution in [0.1, 0.15) is 36.0 Å². The average molecular weight is 278 g/mol. The topological polar surface area (TPSA) is 84.6 Å². The quantitative estimate of drug-likeness (QED) is 0.714. The maximum Gasteiger partial charge on any atom is 0.253 e. The van der Waals surface area contributed by atoms with Gasteiger partial charge in [0.25, 0.3) is 5.91 Å². The molecule has 0 aliphatic heterocycles. The molecular weight excluding hydrogens is 256 g/mol. The summed E-state index contributed by atoms with van der Waals surface area (Å²) in [7, 11) is 1.52. The second-order valence-electron chi connectivity index (χ2n) is 5.47. The van der Waals surface area contributed by atoms with Crippen molar-refractivity contribution in [2.45, 2.75) is 25.7 Å². The monoisotopic (exact) mass is 278 g/mol. The van der Waals surface area contributed by atoms with Crippen LogP contribution in [0.25, 0.3) is 0 Å². The zero-order valence-electron chi connectivity index (χ0n) is 11.8. The lowest BCUT2D eigenvalue weighted by molar-refractivity contribution is 0.0881. The first-order chi connectivity index (χ1) is 9.62. The van der Waals surface area contributed by atoms with Gasteiger partial charge in [0.2, 0.25) is 0 Å². The van der Waals surface area contributed by atoms with E-state index in [4.69, 9.17) is 10.5 Å². The number of rotatable bonds is 5. The fourth-order valence-corrected chi connectivity index (χ4v) is 2.80. The Labute approximate surface area is 119 Å². The summed E-state index contributed by atoms with van der Waals surface area (Å²) in [6.07, 6.45) is 4.13. The minimum atomic E-state index is -0.221. The molecule has 2 rings (SSSR count). The minimum absolute atomic E-state index is 0.112. The van der Waals surface area contributed by atoms with Crippen molar-refractivity contribution < 1.29 is 14.6 Å². The van der Waals surface area contributed by atoms with Crippen LogP contribution < -0.4 is 15.8 Å². The van der Waals surface area contributed by atoms with Crippen molar-refractivity contribution in [3.05, 3.63) is 23.8 Å². The summed E-state index contributed by atoms with van der Waals surface area (Å²) in [4.78, 5) is 12.2. The Morgan fingerprint density at radius 1 is 1.45 bits per heavy atom. The third-order valence-corrected chi connectivity index (χ3v) is 4.15. The van der Waals surface area contributed by atoms with Gasteiger partial charge >= 0.3 is 0 Å². The Morgan fingerprint density at radius 2 is 2.15 bits per heavy atom. The van der Waals surface area contributed by atoms with E-state index < -0.39 is 0 Å². The lowest BCUT2D eigenvalue weighted by Crippen LogP contribution is -2.38. The van der Waals surface area contributed by atoms with Gasteiger partial charge in [0, 0.05) is 12.0 Å². The Hall–Kier alpha value is -1.75. The summed E-state index contributed by atoms with van der Waals surface area (Å²) < 4.78 is 5.11. The van der Waals surface area contributed by atoms with Crippen LogP contribution in [0.3, 0.4) is 0 Å². The van der Waals surface area contributed by atoms with E-state index in [2.05, 4.69) is 5.32 Å². The second-order valence-corrected chi connectivity index (χ2v) is 5.47. The van der Waals surface area contributed by atoms with Gasteiger partial charge in [-0.1, -0.05) is 18.9 Å². The fraction of sp³-hybridized carbons (Fsp3) is 0.533. The van der Waals surface area contributed by atoms with Gasteiger partial charge < -0.3 is 20.9 Å². The van der Waals surface area contributed by atoms with E-state index >= 15 is 0 Å². The highest BCUT2D eigenvalue weighted by Gasteiger charge is 2.33. The van der Waals surface area contributed by atoms with E-state index in [1.807, 2.05) is 0 Å². The van der Waals surface area contributed by atoms with Gasteiger partial charge in [0.05, 0.1) is 25.0 Å². The number of anilines is 1. The first-order valence-corrected chi connectivity index (χ1v) is 6.93. The molecule has 4 N–H and O–H groups in total. The number of aliphatic hydroxyl groups is 1. The highest BCUT2D eigenvalue weighted by molar-refractivity contribution is 6.00. The first-order valence-electron chi connectivity index (χ1n) is 6.93. The number of methoxy groups -OCH3 is 1. The van der Waals surface area contributed by atoms with Crippen molar-refractivity contribution in [1.29, 1.82) is 0 Å². The molecule has 1 aromatic carbocycles. The molecule has 20 heavy (non-hydrogen) atoms. The molecule has 1 aromatic rings. The zero-order valence-corrected chi connectivity index (χ0v) is 11.8. The largest absolute Gasteiger partial charge is 0.495 e. The maximum absolute atomic E-state index is 12.2. The van der Waals surface area contributed by atoms with Crippen LogP contribution in [0.5, 0.6) is 5.75 Å². The van der Waals surface area contributed by atoms with Crippen molar-refractivity contribution in [1.82, 2.24) is 5.32 Å². The molecule has 0 heterocycles. The van der Waals surface area contributed by atoms with Crippen molar-refractivity contribution in [2.75, 3.05) is 26.0 Å². The number of nitrogens with two attached hydrogens (primary N) is 1. The SMILES string of the molecule is COc1cccc(C(=O)NCC2(CO)CCCC2)c1N. The van der Waals surface area contributed by atoms with E-state index in [1.165, 1.54) is 7.11 Å². The number of para-hydroxylation sites is 1. The molecule has 5 heteroatoms. The number of benzene rings is 1.